The van der Waals surface area contributed by atoms with E-state index in [1.54, 1.807) is 0 Å². The molecule has 0 aromatic heterocycles. The smallest absolute Gasteiger partial charge is 0.279 e. The van der Waals surface area contributed by atoms with Crippen molar-refractivity contribution in [1.82, 2.24) is 0 Å². The molecule has 0 bridgehead atoms. The van der Waals surface area contributed by atoms with E-state index in [0.717, 1.165) is 30.8 Å². The van der Waals surface area contributed by atoms with E-state index in [2.05, 4.69) is 41.7 Å². The molecule has 1 heterocycles. The van der Waals surface area contributed by atoms with E-state index in [1.165, 1.54) is 16.0 Å². The van der Waals surface area contributed by atoms with Gasteiger partial charge in [-0.3, -0.25) is 4.79 Å². The molecule has 0 radical (unpaired) electrons. The maximum absolute atomic E-state index is 12.2. The van der Waals surface area contributed by atoms with Crippen LogP contribution in [0.15, 0.2) is 60.7 Å². The number of carbonyl (C=O) groups excluding carboxylic acids is 1. The number of anilines is 1. The molecule has 4 heteroatoms. The summed E-state index contributed by atoms with van der Waals surface area (Å²) in [4.78, 5) is 13.5. The van der Waals surface area contributed by atoms with Crippen LogP contribution in [0.4, 0.5) is 5.69 Å². The van der Waals surface area contributed by atoms with Crippen LogP contribution in [0.5, 0.6) is 0 Å². The number of carbonyl (C=O) groups is 1. The van der Waals surface area contributed by atoms with E-state index in [1.807, 2.05) is 30.3 Å². The lowest BCUT2D eigenvalue weighted by atomic mass is 10.00. The molecule has 4 nitrogen and oxygen atoms in total. The minimum absolute atomic E-state index is 0.0274. The average Bonchev–Trinajstić information content (AvgIpc) is 2.65. The van der Waals surface area contributed by atoms with E-state index in [-0.39, 0.29) is 5.91 Å². The fraction of sp³-hybridized carbons (Fsp3) is 0.238. The number of amides is 1. The Kier molecular flexibility index (Phi) is 5.61. The van der Waals surface area contributed by atoms with Crippen LogP contribution >= 0.6 is 0 Å². The molecule has 0 fully saturated rings. The van der Waals surface area contributed by atoms with Crippen LogP contribution in [0, 0.1) is 11.3 Å². The summed E-state index contributed by atoms with van der Waals surface area (Å²) in [6.45, 7) is 2.31. The van der Waals surface area contributed by atoms with Gasteiger partial charge in [-0.25, -0.2) is 0 Å². The van der Waals surface area contributed by atoms with Crippen LogP contribution in [-0.4, -0.2) is 25.5 Å². The number of nitrogens with zero attached hydrogens (tertiary/aromatic N) is 1. The average molecular weight is 332 g/mol. The number of rotatable bonds is 5. The molecule has 0 saturated heterocycles. The van der Waals surface area contributed by atoms with Gasteiger partial charge in [0.25, 0.3) is 5.91 Å². The maximum atomic E-state index is 12.2. The standard InChI is InChI=1S/C21H21N3O/c22-13-10-17-6-8-20(9-7-17)23-21(25)16-24-14-11-19(12-15-24)18-4-2-1-3-5-18/h1-9,11H,10,12,14-16H2,(H,23,25)/p+1. The first kappa shape index (κ1) is 16.9. The van der Waals surface area contributed by atoms with E-state index < -0.39 is 0 Å². The Morgan fingerprint density at radius 1 is 1.12 bits per heavy atom. The highest BCUT2D eigenvalue weighted by Crippen LogP contribution is 2.17. The molecular formula is C21H22N3O+. The van der Waals surface area contributed by atoms with Crippen LogP contribution in [0.25, 0.3) is 5.57 Å². The summed E-state index contributed by atoms with van der Waals surface area (Å²) < 4.78 is 0. The minimum Gasteiger partial charge on any atom is -0.324 e. The van der Waals surface area contributed by atoms with Gasteiger partial charge in [0.1, 0.15) is 0 Å². The minimum atomic E-state index is 0.0274. The predicted molar refractivity (Wildman–Crippen MR) is 99.0 cm³/mol. The number of hydrogen-bond acceptors (Lipinski definition) is 2. The molecule has 2 aromatic rings. The molecular weight excluding hydrogens is 310 g/mol. The number of hydrogen-bond donors (Lipinski definition) is 2. The Hall–Kier alpha value is -2.90. The fourth-order valence-electron chi connectivity index (χ4n) is 3.09. The van der Waals surface area contributed by atoms with Crippen LogP contribution in [-0.2, 0) is 11.2 Å². The van der Waals surface area contributed by atoms with E-state index in [4.69, 9.17) is 5.26 Å². The third-order valence-corrected chi connectivity index (χ3v) is 4.46. The summed E-state index contributed by atoms with van der Waals surface area (Å²) in [6.07, 6.45) is 3.63. The quantitative estimate of drug-likeness (QED) is 0.881. The zero-order chi connectivity index (χ0) is 17.5. The highest BCUT2D eigenvalue weighted by atomic mass is 16.2. The van der Waals surface area contributed by atoms with Crippen LogP contribution in [0.3, 0.4) is 0 Å². The third kappa shape index (κ3) is 4.79. The Labute approximate surface area is 148 Å². The summed E-state index contributed by atoms with van der Waals surface area (Å²) in [6, 6.07) is 20.0. The fourth-order valence-corrected chi connectivity index (χ4v) is 3.09. The summed E-state index contributed by atoms with van der Waals surface area (Å²) in [5, 5.41) is 11.6. The molecule has 1 atom stereocenters. The van der Waals surface area contributed by atoms with Gasteiger partial charge < -0.3 is 10.2 Å². The van der Waals surface area contributed by atoms with Crippen LogP contribution in [0.2, 0.25) is 0 Å². The van der Waals surface area contributed by atoms with E-state index in [9.17, 15) is 4.79 Å². The van der Waals surface area contributed by atoms with Gasteiger partial charge in [0, 0.05) is 12.1 Å². The zero-order valence-corrected chi connectivity index (χ0v) is 14.2. The second-order valence-electron chi connectivity index (χ2n) is 6.31. The third-order valence-electron chi connectivity index (χ3n) is 4.46. The van der Waals surface area contributed by atoms with Gasteiger partial charge in [-0.2, -0.15) is 5.26 Å². The van der Waals surface area contributed by atoms with Gasteiger partial charge >= 0.3 is 0 Å². The molecule has 1 aliphatic rings. The van der Waals surface area contributed by atoms with Crippen molar-refractivity contribution in [1.29, 1.82) is 5.26 Å². The largest absolute Gasteiger partial charge is 0.324 e. The van der Waals surface area contributed by atoms with Crippen molar-refractivity contribution in [3.8, 4) is 6.07 Å². The number of nitrogens with one attached hydrogen (secondary N) is 2. The molecule has 0 saturated carbocycles. The Balaban J connectivity index is 1.51. The van der Waals surface area contributed by atoms with Crippen molar-refractivity contribution in [2.75, 3.05) is 25.0 Å². The molecule has 2 aromatic carbocycles. The van der Waals surface area contributed by atoms with Gasteiger partial charge in [0.2, 0.25) is 0 Å². The van der Waals surface area contributed by atoms with Crippen molar-refractivity contribution in [3.63, 3.8) is 0 Å². The van der Waals surface area contributed by atoms with Gasteiger partial charge in [-0.1, -0.05) is 42.5 Å². The van der Waals surface area contributed by atoms with Gasteiger partial charge in [-0.05, 0) is 34.9 Å². The Morgan fingerprint density at radius 3 is 2.52 bits per heavy atom. The predicted octanol–water partition coefficient (Wildman–Crippen LogP) is 2.06. The summed E-state index contributed by atoms with van der Waals surface area (Å²) >= 11 is 0. The maximum Gasteiger partial charge on any atom is 0.279 e. The first-order valence-electron chi connectivity index (χ1n) is 8.58. The molecule has 1 unspecified atom stereocenters. The van der Waals surface area contributed by atoms with Gasteiger partial charge in [0.05, 0.1) is 25.6 Å². The highest BCUT2D eigenvalue weighted by molar-refractivity contribution is 5.91. The second-order valence-corrected chi connectivity index (χ2v) is 6.31. The molecule has 0 spiro atoms. The normalized spacial score (nSPS) is 16.6. The monoisotopic (exact) mass is 332 g/mol. The molecule has 126 valence electrons. The SMILES string of the molecule is N#CCc1ccc(NC(=O)C[NH+]2CC=C(c3ccccc3)CC2)cc1. The molecule has 1 amide bonds. The highest BCUT2D eigenvalue weighted by Gasteiger charge is 2.18. The van der Waals surface area contributed by atoms with E-state index >= 15 is 0 Å². The molecule has 25 heavy (non-hydrogen) atoms. The molecule has 2 N–H and O–H groups in total. The molecule has 3 rings (SSSR count). The Bertz CT molecular complexity index is 788. The second kappa shape index (κ2) is 8.27. The van der Waals surface area contributed by atoms with Gasteiger partial charge in [0.15, 0.2) is 6.54 Å². The van der Waals surface area contributed by atoms with Crippen LogP contribution < -0.4 is 10.2 Å². The van der Waals surface area contributed by atoms with Crippen molar-refractivity contribution < 1.29 is 9.69 Å². The first-order chi connectivity index (χ1) is 12.2. The number of nitriles is 1. The lowest BCUT2D eigenvalue weighted by Gasteiger charge is -2.23. The lowest BCUT2D eigenvalue weighted by Crippen LogP contribution is -3.13. The van der Waals surface area contributed by atoms with Crippen molar-refractivity contribution in [2.24, 2.45) is 0 Å². The number of quaternary nitrogens is 1. The summed E-state index contributed by atoms with van der Waals surface area (Å²) in [7, 11) is 0. The van der Waals surface area contributed by atoms with E-state index in [0.29, 0.717) is 13.0 Å². The number of benzene rings is 2. The Morgan fingerprint density at radius 2 is 1.88 bits per heavy atom. The molecule has 1 aliphatic heterocycles. The zero-order valence-electron chi connectivity index (χ0n) is 14.2. The van der Waals surface area contributed by atoms with Crippen molar-refractivity contribution >= 4 is 17.2 Å². The lowest BCUT2D eigenvalue weighted by molar-refractivity contribution is -0.886. The van der Waals surface area contributed by atoms with Gasteiger partial charge in [-0.15, -0.1) is 0 Å². The summed E-state index contributed by atoms with van der Waals surface area (Å²) in [5.74, 6) is 0.0274. The van der Waals surface area contributed by atoms with Crippen LogP contribution in [0.1, 0.15) is 17.5 Å². The summed E-state index contributed by atoms with van der Waals surface area (Å²) in [5.41, 5.74) is 4.39. The molecule has 0 aliphatic carbocycles. The van der Waals surface area contributed by atoms with Crippen molar-refractivity contribution in [2.45, 2.75) is 12.8 Å². The first-order valence-corrected chi connectivity index (χ1v) is 8.58. The van der Waals surface area contributed by atoms with Crippen molar-refractivity contribution in [3.05, 3.63) is 71.8 Å². The topological polar surface area (TPSA) is 57.3 Å².